The number of hydrogen-bond donors (Lipinski definition) is 1. The van der Waals surface area contributed by atoms with E-state index in [0.717, 1.165) is 17.5 Å². The van der Waals surface area contributed by atoms with Gasteiger partial charge in [0.05, 0.1) is 13.1 Å². The number of benzene rings is 1. The van der Waals surface area contributed by atoms with Crippen LogP contribution in [0.4, 0.5) is 23.9 Å². The fourth-order valence-corrected chi connectivity index (χ4v) is 5.10. The molecule has 0 radical (unpaired) electrons. The van der Waals surface area contributed by atoms with Crippen molar-refractivity contribution >= 4 is 22.1 Å². The summed E-state index contributed by atoms with van der Waals surface area (Å²) >= 11 is 0. The molecule has 2 aliphatic heterocycles. The average Bonchev–Trinajstić information content (AvgIpc) is 3.43. The maximum atomic E-state index is 12.9. The number of fused-ring (bicyclic) bond motifs is 1. The van der Waals surface area contributed by atoms with Crippen LogP contribution in [0, 0.1) is 0 Å². The summed E-state index contributed by atoms with van der Waals surface area (Å²) in [5, 5.41) is 7.12. The highest BCUT2D eigenvalue weighted by molar-refractivity contribution is 7.89. The number of sulfonamides is 1. The summed E-state index contributed by atoms with van der Waals surface area (Å²) in [6.07, 6.45) is 0.362. The summed E-state index contributed by atoms with van der Waals surface area (Å²) in [7, 11) is -5.41. The molecule has 1 N–H and O–H groups in total. The first kappa shape index (κ1) is 26.2. The number of ether oxygens (including phenoxy) is 1. The summed E-state index contributed by atoms with van der Waals surface area (Å²) in [4.78, 5) is 18.1. The number of amides is 1. The highest BCUT2D eigenvalue weighted by Gasteiger charge is 2.51. The van der Waals surface area contributed by atoms with Gasteiger partial charge >= 0.3 is 21.6 Å². The minimum Gasteiger partial charge on any atom is -0.444 e. The molecule has 1 aromatic heterocycles. The Kier molecular flexibility index (Phi) is 6.94. The largest absolute Gasteiger partial charge is 0.511 e. The van der Waals surface area contributed by atoms with Crippen LogP contribution < -0.4 is 10.2 Å². The fourth-order valence-electron chi connectivity index (χ4n) is 4.20. The number of hydrogen-bond acceptors (Lipinski definition) is 7. The SMILES string of the molecule is CC(C)(C)OC(=O)NCc1ccc(C2CCN(c3nc4n(n3)CCN(S(=O)(=O)C(F)(F)F)C4)C2)cc1. The number of nitrogens with one attached hydrogen (secondary N) is 1. The lowest BCUT2D eigenvalue weighted by Crippen LogP contribution is -2.44. The highest BCUT2D eigenvalue weighted by atomic mass is 32.2. The summed E-state index contributed by atoms with van der Waals surface area (Å²) in [6, 6.07) is 7.90. The summed E-state index contributed by atoms with van der Waals surface area (Å²) in [5.74, 6) is 0.784. The smallest absolute Gasteiger partial charge is 0.444 e. The van der Waals surface area contributed by atoms with Crippen molar-refractivity contribution in [3.05, 3.63) is 41.2 Å². The van der Waals surface area contributed by atoms with Gasteiger partial charge in [0.25, 0.3) is 0 Å². The third-order valence-corrected chi connectivity index (χ3v) is 7.58. The van der Waals surface area contributed by atoms with Crippen LogP contribution in [0.15, 0.2) is 24.3 Å². The molecule has 0 bridgehead atoms. The van der Waals surface area contributed by atoms with Crippen LogP contribution in [0.25, 0.3) is 0 Å². The third kappa shape index (κ3) is 5.75. The predicted molar refractivity (Wildman–Crippen MR) is 124 cm³/mol. The molecule has 10 nitrogen and oxygen atoms in total. The van der Waals surface area contributed by atoms with Gasteiger partial charge in [-0.3, -0.25) is 0 Å². The average molecular weight is 531 g/mol. The van der Waals surface area contributed by atoms with Crippen LogP contribution in [0.3, 0.4) is 0 Å². The topological polar surface area (TPSA) is 110 Å². The Labute approximate surface area is 207 Å². The highest BCUT2D eigenvalue weighted by Crippen LogP contribution is 2.32. The molecular formula is C22H29F3N6O4S. The molecule has 4 rings (SSSR count). The molecule has 1 aromatic carbocycles. The van der Waals surface area contributed by atoms with Gasteiger partial charge in [0.1, 0.15) is 11.4 Å². The molecule has 1 saturated heterocycles. The Morgan fingerprint density at radius 2 is 1.83 bits per heavy atom. The van der Waals surface area contributed by atoms with Crippen molar-refractivity contribution in [3.63, 3.8) is 0 Å². The number of halogens is 3. The molecule has 0 spiro atoms. The van der Waals surface area contributed by atoms with Crippen molar-refractivity contribution in [1.82, 2.24) is 24.4 Å². The van der Waals surface area contributed by atoms with Crippen LogP contribution in [0.1, 0.15) is 50.1 Å². The van der Waals surface area contributed by atoms with Crippen molar-refractivity contribution < 1.29 is 31.1 Å². The van der Waals surface area contributed by atoms with Crippen molar-refractivity contribution in [1.29, 1.82) is 0 Å². The maximum absolute atomic E-state index is 12.9. The Hall–Kier alpha value is -2.87. The number of alkyl carbamates (subject to hydrolysis) is 1. The number of anilines is 1. The monoisotopic (exact) mass is 530 g/mol. The van der Waals surface area contributed by atoms with Crippen LogP contribution in [0.2, 0.25) is 0 Å². The lowest BCUT2D eigenvalue weighted by Gasteiger charge is -2.26. The molecule has 1 atom stereocenters. The van der Waals surface area contributed by atoms with Gasteiger partial charge < -0.3 is 15.0 Å². The number of rotatable bonds is 5. The molecule has 1 unspecified atom stereocenters. The van der Waals surface area contributed by atoms with Crippen LogP contribution in [0.5, 0.6) is 0 Å². The van der Waals surface area contributed by atoms with Crippen LogP contribution in [-0.2, 0) is 34.4 Å². The minimum absolute atomic E-state index is 0.00764. The summed E-state index contributed by atoms with van der Waals surface area (Å²) < 4.78 is 69.3. The second kappa shape index (κ2) is 9.54. The second-order valence-corrected chi connectivity index (χ2v) is 11.8. The van der Waals surface area contributed by atoms with E-state index >= 15 is 0 Å². The van der Waals surface area contributed by atoms with Crippen molar-refractivity contribution in [3.8, 4) is 0 Å². The predicted octanol–water partition coefficient (Wildman–Crippen LogP) is 2.96. The Morgan fingerprint density at radius 3 is 2.47 bits per heavy atom. The van der Waals surface area contributed by atoms with Gasteiger partial charge in [-0.15, -0.1) is 5.10 Å². The molecule has 3 heterocycles. The van der Waals surface area contributed by atoms with E-state index in [1.54, 1.807) is 20.8 Å². The number of carbonyl (C=O) groups is 1. The van der Waals surface area contributed by atoms with Crippen molar-refractivity contribution in [2.75, 3.05) is 24.5 Å². The molecule has 2 aromatic rings. The van der Waals surface area contributed by atoms with Crippen LogP contribution >= 0.6 is 0 Å². The molecule has 198 valence electrons. The molecule has 1 amide bonds. The van der Waals surface area contributed by atoms with E-state index in [9.17, 15) is 26.4 Å². The zero-order valence-electron chi connectivity index (χ0n) is 20.2. The number of aromatic nitrogens is 3. The minimum atomic E-state index is -5.41. The van der Waals surface area contributed by atoms with Gasteiger partial charge in [0, 0.05) is 32.1 Å². The maximum Gasteiger partial charge on any atom is 0.511 e. The zero-order chi connectivity index (χ0) is 26.3. The van der Waals surface area contributed by atoms with E-state index in [4.69, 9.17) is 4.74 Å². The van der Waals surface area contributed by atoms with E-state index in [1.807, 2.05) is 29.2 Å². The quantitative estimate of drug-likeness (QED) is 0.633. The Bertz CT molecular complexity index is 1210. The Morgan fingerprint density at radius 1 is 1.14 bits per heavy atom. The van der Waals surface area contributed by atoms with Gasteiger partial charge in [0.15, 0.2) is 0 Å². The molecule has 0 saturated carbocycles. The summed E-state index contributed by atoms with van der Waals surface area (Å²) in [5.41, 5.74) is -3.86. The van der Waals surface area contributed by atoms with Gasteiger partial charge in [0.2, 0.25) is 5.95 Å². The first-order chi connectivity index (χ1) is 16.7. The fraction of sp³-hybridized carbons (Fsp3) is 0.591. The van der Waals surface area contributed by atoms with E-state index < -0.39 is 33.8 Å². The standard InChI is InChI=1S/C22H29F3N6O4S/c1-21(2,3)35-20(32)26-12-15-4-6-16(7-5-15)17-8-9-29(13-17)19-27-18-14-30(10-11-31(18)28-19)36(33,34)22(23,24)25/h4-7,17H,8-14H2,1-3H3,(H,26,32). The van der Waals surface area contributed by atoms with Crippen molar-refractivity contribution in [2.24, 2.45) is 0 Å². The van der Waals surface area contributed by atoms with E-state index in [0.29, 0.717) is 29.9 Å². The van der Waals surface area contributed by atoms with Gasteiger partial charge in [-0.25, -0.2) is 17.9 Å². The second-order valence-electron chi connectivity index (χ2n) is 9.86. The zero-order valence-corrected chi connectivity index (χ0v) is 21.1. The lowest BCUT2D eigenvalue weighted by atomic mass is 9.97. The number of alkyl halides is 3. The van der Waals surface area contributed by atoms with Crippen LogP contribution in [-0.4, -0.2) is 64.3 Å². The molecule has 2 aliphatic rings. The van der Waals surface area contributed by atoms with E-state index in [2.05, 4.69) is 15.4 Å². The number of nitrogens with zero attached hydrogens (tertiary/aromatic N) is 5. The van der Waals surface area contributed by atoms with Gasteiger partial charge in [-0.1, -0.05) is 24.3 Å². The summed E-state index contributed by atoms with van der Waals surface area (Å²) in [6.45, 7) is 6.27. The molecule has 1 fully saturated rings. The molecule has 0 aliphatic carbocycles. The molecule has 14 heteroatoms. The third-order valence-electron chi connectivity index (χ3n) is 6.01. The van der Waals surface area contributed by atoms with E-state index in [-0.39, 0.29) is 24.8 Å². The van der Waals surface area contributed by atoms with E-state index in [1.165, 1.54) is 4.68 Å². The first-order valence-electron chi connectivity index (χ1n) is 11.5. The van der Waals surface area contributed by atoms with Gasteiger partial charge in [-0.05, 0) is 38.3 Å². The molecule has 36 heavy (non-hydrogen) atoms. The lowest BCUT2D eigenvalue weighted by molar-refractivity contribution is -0.0496. The number of carbonyl (C=O) groups excluding carboxylic acids is 1. The van der Waals surface area contributed by atoms with Crippen molar-refractivity contribution in [2.45, 2.75) is 63.9 Å². The Balaban J connectivity index is 1.35. The normalized spacial score (nSPS) is 19.3. The first-order valence-corrected chi connectivity index (χ1v) is 13.0. The molecular weight excluding hydrogens is 501 g/mol. The van der Waals surface area contributed by atoms with Gasteiger partial charge in [-0.2, -0.15) is 22.5 Å².